The first kappa shape index (κ1) is 21.0. The van der Waals surface area contributed by atoms with Gasteiger partial charge in [-0.15, -0.1) is 5.10 Å². The van der Waals surface area contributed by atoms with Crippen LogP contribution in [0, 0.1) is 0 Å². The van der Waals surface area contributed by atoms with Gasteiger partial charge in [0.15, 0.2) is 11.5 Å². The van der Waals surface area contributed by atoms with E-state index in [4.69, 9.17) is 19.7 Å². The lowest BCUT2D eigenvalue weighted by Crippen LogP contribution is -2.35. The fourth-order valence-corrected chi connectivity index (χ4v) is 3.68. The smallest absolute Gasteiger partial charge is 0.282 e. The Labute approximate surface area is 190 Å². The molecule has 0 amide bonds. The fraction of sp³-hybridized carbons (Fsp3) is 0.318. The standard InChI is InChI=1S/C22H24N8O3/c1-31-21-17(3-2-8-24-21)20-25-22(33-27-20)18-19(23)30(28-26-18)14-16-6-4-15(5-7-16)13-29-9-11-32-12-10-29/h2-8H,9-14,23H2,1H3. The van der Waals surface area contributed by atoms with Crippen LogP contribution in [0.1, 0.15) is 11.1 Å². The number of rotatable bonds is 7. The molecule has 33 heavy (non-hydrogen) atoms. The van der Waals surface area contributed by atoms with Crippen molar-refractivity contribution in [2.24, 2.45) is 0 Å². The van der Waals surface area contributed by atoms with Crippen LogP contribution in [0.4, 0.5) is 5.82 Å². The summed E-state index contributed by atoms with van der Waals surface area (Å²) in [6, 6.07) is 12.0. The Bertz CT molecular complexity index is 1210. The van der Waals surface area contributed by atoms with Crippen LogP contribution < -0.4 is 10.5 Å². The minimum absolute atomic E-state index is 0.181. The second kappa shape index (κ2) is 9.35. The van der Waals surface area contributed by atoms with Crippen LogP contribution in [0.3, 0.4) is 0 Å². The second-order valence-corrected chi connectivity index (χ2v) is 7.67. The van der Waals surface area contributed by atoms with Gasteiger partial charge in [-0.1, -0.05) is 34.6 Å². The molecule has 1 fully saturated rings. The number of nitrogen functional groups attached to an aromatic ring is 1. The zero-order valence-corrected chi connectivity index (χ0v) is 18.2. The Morgan fingerprint density at radius 2 is 1.82 bits per heavy atom. The summed E-state index contributed by atoms with van der Waals surface area (Å²) in [5, 5.41) is 12.3. The minimum atomic E-state index is 0.181. The van der Waals surface area contributed by atoms with Crippen molar-refractivity contribution in [2.45, 2.75) is 13.1 Å². The predicted octanol–water partition coefficient (Wildman–Crippen LogP) is 1.86. The van der Waals surface area contributed by atoms with Gasteiger partial charge >= 0.3 is 0 Å². The zero-order chi connectivity index (χ0) is 22.6. The lowest BCUT2D eigenvalue weighted by molar-refractivity contribution is 0.0342. The summed E-state index contributed by atoms with van der Waals surface area (Å²) in [5.41, 5.74) is 9.56. The van der Waals surface area contributed by atoms with Crippen LogP contribution in [0.25, 0.3) is 23.0 Å². The highest BCUT2D eigenvalue weighted by Gasteiger charge is 2.21. The van der Waals surface area contributed by atoms with Crippen LogP contribution in [-0.2, 0) is 17.8 Å². The van der Waals surface area contributed by atoms with Crippen molar-refractivity contribution in [3.8, 4) is 28.9 Å². The molecule has 5 rings (SSSR count). The topological polar surface area (TPSA) is 130 Å². The van der Waals surface area contributed by atoms with E-state index in [-0.39, 0.29) is 5.89 Å². The molecule has 1 aliphatic heterocycles. The van der Waals surface area contributed by atoms with Crippen molar-refractivity contribution in [2.75, 3.05) is 39.1 Å². The van der Waals surface area contributed by atoms with Gasteiger partial charge in [-0.3, -0.25) is 4.90 Å². The van der Waals surface area contributed by atoms with Gasteiger partial charge in [0.1, 0.15) is 0 Å². The Morgan fingerprint density at radius 1 is 1.06 bits per heavy atom. The number of methoxy groups -OCH3 is 1. The zero-order valence-electron chi connectivity index (χ0n) is 18.2. The highest BCUT2D eigenvalue weighted by Crippen LogP contribution is 2.28. The number of anilines is 1. The lowest BCUT2D eigenvalue weighted by Gasteiger charge is -2.26. The molecule has 11 nitrogen and oxygen atoms in total. The van der Waals surface area contributed by atoms with Gasteiger partial charge in [0.05, 0.1) is 32.4 Å². The Kier molecular flexibility index (Phi) is 5.96. The molecule has 2 N–H and O–H groups in total. The van der Waals surface area contributed by atoms with E-state index < -0.39 is 0 Å². The average Bonchev–Trinajstić information content (AvgIpc) is 3.48. The monoisotopic (exact) mass is 448 g/mol. The average molecular weight is 448 g/mol. The molecule has 0 bridgehead atoms. The number of morpholine rings is 1. The van der Waals surface area contributed by atoms with Crippen molar-refractivity contribution in [3.63, 3.8) is 0 Å². The molecule has 4 aromatic rings. The maximum absolute atomic E-state index is 6.30. The number of hydrogen-bond acceptors (Lipinski definition) is 10. The Balaban J connectivity index is 1.29. The molecule has 0 spiro atoms. The first-order valence-electron chi connectivity index (χ1n) is 10.6. The highest BCUT2D eigenvalue weighted by molar-refractivity contribution is 5.66. The SMILES string of the molecule is COc1ncccc1-c1noc(-c2nnn(Cc3ccc(CN4CCOCC4)cc3)c2N)n1. The molecule has 0 saturated carbocycles. The van der Waals surface area contributed by atoms with Gasteiger partial charge in [-0.05, 0) is 23.3 Å². The summed E-state index contributed by atoms with van der Waals surface area (Å²) in [6.07, 6.45) is 1.63. The first-order valence-corrected chi connectivity index (χ1v) is 10.6. The maximum atomic E-state index is 6.30. The third kappa shape index (κ3) is 4.54. The van der Waals surface area contributed by atoms with Gasteiger partial charge in [0.25, 0.3) is 5.89 Å². The number of ether oxygens (including phenoxy) is 2. The molecule has 0 atom stereocenters. The molecule has 0 aliphatic carbocycles. The van der Waals surface area contributed by atoms with E-state index >= 15 is 0 Å². The highest BCUT2D eigenvalue weighted by atomic mass is 16.5. The quantitative estimate of drug-likeness (QED) is 0.447. The van der Waals surface area contributed by atoms with Gasteiger partial charge in [-0.25, -0.2) is 9.67 Å². The minimum Gasteiger partial charge on any atom is -0.480 e. The summed E-state index contributed by atoms with van der Waals surface area (Å²) in [7, 11) is 1.53. The van der Waals surface area contributed by atoms with E-state index in [9.17, 15) is 0 Å². The van der Waals surface area contributed by atoms with Crippen LogP contribution in [0.5, 0.6) is 5.88 Å². The third-order valence-corrected chi connectivity index (χ3v) is 5.47. The summed E-state index contributed by atoms with van der Waals surface area (Å²) in [6.45, 7) is 4.91. The van der Waals surface area contributed by atoms with Gasteiger partial charge in [0.2, 0.25) is 11.7 Å². The molecule has 1 aromatic carbocycles. The van der Waals surface area contributed by atoms with Crippen molar-refractivity contribution in [1.29, 1.82) is 0 Å². The van der Waals surface area contributed by atoms with E-state index in [1.165, 1.54) is 12.7 Å². The van der Waals surface area contributed by atoms with E-state index in [1.54, 1.807) is 23.0 Å². The number of aromatic nitrogens is 6. The molecule has 11 heteroatoms. The Hall–Kier alpha value is -3.83. The summed E-state index contributed by atoms with van der Waals surface area (Å²) < 4.78 is 17.7. The maximum Gasteiger partial charge on any atom is 0.282 e. The van der Waals surface area contributed by atoms with Crippen LogP contribution in [0.2, 0.25) is 0 Å². The lowest BCUT2D eigenvalue weighted by atomic mass is 10.1. The van der Waals surface area contributed by atoms with Crippen molar-refractivity contribution >= 4 is 5.82 Å². The van der Waals surface area contributed by atoms with Crippen molar-refractivity contribution < 1.29 is 14.0 Å². The third-order valence-electron chi connectivity index (χ3n) is 5.47. The first-order chi connectivity index (χ1) is 16.2. The fourth-order valence-electron chi connectivity index (χ4n) is 3.68. The number of benzene rings is 1. The molecule has 4 heterocycles. The molecular weight excluding hydrogens is 424 g/mol. The molecule has 0 radical (unpaired) electrons. The van der Waals surface area contributed by atoms with E-state index in [2.05, 4.69) is 54.6 Å². The number of nitrogens with zero attached hydrogens (tertiary/aromatic N) is 7. The second-order valence-electron chi connectivity index (χ2n) is 7.67. The molecule has 1 saturated heterocycles. The van der Waals surface area contributed by atoms with Gasteiger partial charge in [0, 0.05) is 25.8 Å². The normalized spacial score (nSPS) is 14.5. The van der Waals surface area contributed by atoms with Gasteiger partial charge in [-0.2, -0.15) is 4.98 Å². The molecular formula is C22H24N8O3. The summed E-state index contributed by atoms with van der Waals surface area (Å²) >= 11 is 0. The summed E-state index contributed by atoms with van der Waals surface area (Å²) in [4.78, 5) is 10.9. The molecule has 3 aromatic heterocycles. The summed E-state index contributed by atoms with van der Waals surface area (Å²) in [5.74, 6) is 1.26. The van der Waals surface area contributed by atoms with Crippen molar-refractivity contribution in [1.82, 2.24) is 35.0 Å². The van der Waals surface area contributed by atoms with Gasteiger partial charge < -0.3 is 19.7 Å². The van der Waals surface area contributed by atoms with Crippen LogP contribution >= 0.6 is 0 Å². The molecule has 1 aliphatic rings. The number of pyridine rings is 1. The van der Waals surface area contributed by atoms with E-state index in [1.807, 2.05) is 0 Å². The van der Waals surface area contributed by atoms with Crippen LogP contribution in [-0.4, -0.2) is 68.4 Å². The molecule has 0 unspecified atom stereocenters. The van der Waals surface area contributed by atoms with Crippen LogP contribution in [0.15, 0.2) is 47.1 Å². The number of hydrogen-bond donors (Lipinski definition) is 1. The largest absolute Gasteiger partial charge is 0.480 e. The van der Waals surface area contributed by atoms with Crippen molar-refractivity contribution in [3.05, 3.63) is 53.7 Å². The van der Waals surface area contributed by atoms with E-state index in [0.29, 0.717) is 35.3 Å². The molecule has 170 valence electrons. The number of nitrogens with two attached hydrogens (primary N) is 1. The van der Waals surface area contributed by atoms with E-state index in [0.717, 1.165) is 38.4 Å². The Morgan fingerprint density at radius 3 is 2.58 bits per heavy atom. The predicted molar refractivity (Wildman–Crippen MR) is 119 cm³/mol.